The van der Waals surface area contributed by atoms with E-state index < -0.39 is 5.91 Å². The predicted octanol–water partition coefficient (Wildman–Crippen LogP) is 3.42. The lowest BCUT2D eigenvalue weighted by Gasteiger charge is -2.06. The van der Waals surface area contributed by atoms with Crippen LogP contribution in [0.5, 0.6) is 0 Å². The molecule has 1 heterocycles. The van der Waals surface area contributed by atoms with Gasteiger partial charge in [-0.3, -0.25) is 20.4 Å². The predicted molar refractivity (Wildman–Crippen MR) is 95.2 cm³/mol. The maximum absolute atomic E-state index is 12.1. The first-order valence-electron chi connectivity index (χ1n) is 7.70. The van der Waals surface area contributed by atoms with Gasteiger partial charge in [-0.2, -0.15) is 0 Å². The maximum Gasteiger partial charge on any atom is 0.269 e. The average Bonchev–Trinajstić information content (AvgIpc) is 3.19. The van der Waals surface area contributed by atoms with Crippen molar-refractivity contribution >= 4 is 17.9 Å². The van der Waals surface area contributed by atoms with Crippen molar-refractivity contribution in [1.29, 1.82) is 0 Å². The summed E-state index contributed by atoms with van der Waals surface area (Å²) in [6, 6.07) is 20.5. The van der Waals surface area contributed by atoms with Crippen LogP contribution in [0.25, 0.3) is 17.2 Å². The minimum atomic E-state index is -0.453. The Morgan fingerprint density at radius 2 is 1.52 bits per heavy atom. The van der Waals surface area contributed by atoms with Gasteiger partial charge in [-0.25, -0.2) is 0 Å². The molecule has 0 spiro atoms. The highest BCUT2D eigenvalue weighted by Crippen LogP contribution is 2.19. The van der Waals surface area contributed by atoms with Gasteiger partial charge in [0, 0.05) is 11.6 Å². The van der Waals surface area contributed by atoms with Crippen LogP contribution in [0.4, 0.5) is 0 Å². The zero-order valence-electron chi connectivity index (χ0n) is 13.3. The van der Waals surface area contributed by atoms with E-state index in [4.69, 9.17) is 4.42 Å². The second-order valence-corrected chi connectivity index (χ2v) is 5.24. The third-order valence-corrected chi connectivity index (χ3v) is 3.50. The van der Waals surface area contributed by atoms with Crippen LogP contribution in [0, 0.1) is 0 Å². The van der Waals surface area contributed by atoms with Crippen LogP contribution in [0.3, 0.4) is 0 Å². The molecule has 0 aliphatic carbocycles. The normalized spacial score (nSPS) is 10.6. The summed E-state index contributed by atoms with van der Waals surface area (Å²) in [5, 5.41) is 0. The quantitative estimate of drug-likeness (QED) is 0.568. The third kappa shape index (κ3) is 4.45. The highest BCUT2D eigenvalue weighted by molar-refractivity contribution is 5.98. The van der Waals surface area contributed by atoms with E-state index in [1.807, 2.05) is 42.5 Å². The van der Waals surface area contributed by atoms with Gasteiger partial charge in [-0.15, -0.1) is 0 Å². The number of amides is 2. The topological polar surface area (TPSA) is 71.3 Å². The number of rotatable bonds is 4. The van der Waals surface area contributed by atoms with Gasteiger partial charge >= 0.3 is 0 Å². The molecule has 0 bridgehead atoms. The lowest BCUT2D eigenvalue weighted by atomic mass is 10.0. The Morgan fingerprint density at radius 1 is 0.800 bits per heavy atom. The SMILES string of the molecule is O=C(/C=C/c1ccco1)NNC(=O)c1ccc(-c2ccccc2)cc1. The van der Waals surface area contributed by atoms with Crippen molar-refractivity contribution in [3.8, 4) is 11.1 Å². The molecular formula is C20H16N2O3. The van der Waals surface area contributed by atoms with Crippen molar-refractivity contribution in [3.05, 3.63) is 90.4 Å². The molecule has 0 aliphatic heterocycles. The van der Waals surface area contributed by atoms with Crippen LogP contribution in [0.2, 0.25) is 0 Å². The fraction of sp³-hybridized carbons (Fsp3) is 0. The Kier molecular flexibility index (Phi) is 5.07. The fourth-order valence-electron chi connectivity index (χ4n) is 2.22. The summed E-state index contributed by atoms with van der Waals surface area (Å²) < 4.78 is 5.07. The number of hydrazine groups is 1. The average molecular weight is 332 g/mol. The second kappa shape index (κ2) is 7.79. The van der Waals surface area contributed by atoms with Crippen molar-refractivity contribution < 1.29 is 14.0 Å². The highest BCUT2D eigenvalue weighted by atomic mass is 16.3. The van der Waals surface area contributed by atoms with E-state index in [-0.39, 0.29) is 5.91 Å². The van der Waals surface area contributed by atoms with Crippen LogP contribution >= 0.6 is 0 Å². The van der Waals surface area contributed by atoms with E-state index in [9.17, 15) is 9.59 Å². The Morgan fingerprint density at radius 3 is 2.20 bits per heavy atom. The molecule has 5 nitrogen and oxygen atoms in total. The number of hydrogen-bond donors (Lipinski definition) is 2. The summed E-state index contributed by atoms with van der Waals surface area (Å²) in [5.41, 5.74) is 7.24. The van der Waals surface area contributed by atoms with E-state index in [0.29, 0.717) is 11.3 Å². The highest BCUT2D eigenvalue weighted by Gasteiger charge is 2.06. The summed E-state index contributed by atoms with van der Waals surface area (Å²) >= 11 is 0. The molecule has 0 saturated heterocycles. The molecule has 5 heteroatoms. The summed E-state index contributed by atoms with van der Waals surface area (Å²) in [6.07, 6.45) is 4.30. The number of benzene rings is 2. The van der Waals surface area contributed by atoms with Gasteiger partial charge in [0.2, 0.25) is 0 Å². The summed E-state index contributed by atoms with van der Waals surface area (Å²) in [7, 11) is 0. The summed E-state index contributed by atoms with van der Waals surface area (Å²) in [5.74, 6) is -0.289. The van der Waals surface area contributed by atoms with Crippen molar-refractivity contribution in [2.24, 2.45) is 0 Å². The van der Waals surface area contributed by atoms with E-state index in [1.165, 1.54) is 18.4 Å². The Labute approximate surface area is 145 Å². The smallest absolute Gasteiger partial charge is 0.269 e. The van der Waals surface area contributed by atoms with Gasteiger partial charge in [0.15, 0.2) is 0 Å². The van der Waals surface area contributed by atoms with Gasteiger partial charge in [-0.05, 0) is 41.5 Å². The first-order valence-corrected chi connectivity index (χ1v) is 7.70. The van der Waals surface area contributed by atoms with Crippen LogP contribution in [0.15, 0.2) is 83.5 Å². The lowest BCUT2D eigenvalue weighted by Crippen LogP contribution is -2.40. The minimum Gasteiger partial charge on any atom is -0.465 e. The van der Waals surface area contributed by atoms with Gasteiger partial charge in [-0.1, -0.05) is 42.5 Å². The molecule has 3 rings (SSSR count). The molecule has 0 fully saturated rings. The molecule has 2 amide bonds. The van der Waals surface area contributed by atoms with E-state index in [2.05, 4.69) is 10.9 Å². The molecule has 124 valence electrons. The third-order valence-electron chi connectivity index (χ3n) is 3.50. The van der Waals surface area contributed by atoms with E-state index in [0.717, 1.165) is 11.1 Å². The number of hydrogen-bond acceptors (Lipinski definition) is 3. The Hall–Kier alpha value is -3.60. The van der Waals surface area contributed by atoms with Crippen molar-refractivity contribution in [1.82, 2.24) is 10.9 Å². The van der Waals surface area contributed by atoms with Crippen LogP contribution in [-0.2, 0) is 4.79 Å². The van der Waals surface area contributed by atoms with Crippen LogP contribution < -0.4 is 10.9 Å². The van der Waals surface area contributed by atoms with Crippen molar-refractivity contribution in [3.63, 3.8) is 0 Å². The first-order chi connectivity index (χ1) is 12.2. The van der Waals surface area contributed by atoms with Gasteiger partial charge in [0.05, 0.1) is 6.26 Å². The monoisotopic (exact) mass is 332 g/mol. The molecule has 3 aromatic rings. The number of carbonyl (C=O) groups excluding carboxylic acids is 2. The zero-order chi connectivity index (χ0) is 17.5. The molecule has 0 unspecified atom stereocenters. The van der Waals surface area contributed by atoms with Crippen LogP contribution in [-0.4, -0.2) is 11.8 Å². The Bertz CT molecular complexity index is 867. The number of furan rings is 1. The lowest BCUT2D eigenvalue weighted by molar-refractivity contribution is -0.117. The van der Waals surface area contributed by atoms with E-state index in [1.54, 1.807) is 24.3 Å². The molecule has 25 heavy (non-hydrogen) atoms. The first kappa shape index (κ1) is 16.3. The maximum atomic E-state index is 12.1. The van der Waals surface area contributed by atoms with Gasteiger partial charge < -0.3 is 4.42 Å². The number of nitrogens with one attached hydrogen (secondary N) is 2. The Balaban J connectivity index is 1.55. The molecule has 0 saturated carbocycles. The number of carbonyl (C=O) groups is 2. The summed E-state index contributed by atoms with van der Waals surface area (Å²) in [6.45, 7) is 0. The van der Waals surface area contributed by atoms with Crippen LogP contribution in [0.1, 0.15) is 16.1 Å². The van der Waals surface area contributed by atoms with Crippen molar-refractivity contribution in [2.45, 2.75) is 0 Å². The summed E-state index contributed by atoms with van der Waals surface area (Å²) in [4.78, 5) is 23.7. The standard InChI is InChI=1S/C20H16N2O3/c23-19(13-12-18-7-4-14-25-18)21-22-20(24)17-10-8-16(9-11-17)15-5-2-1-3-6-15/h1-14H,(H,21,23)(H,22,24)/b13-12+. The minimum absolute atomic E-state index is 0.389. The largest absolute Gasteiger partial charge is 0.465 e. The fourth-order valence-corrected chi connectivity index (χ4v) is 2.22. The molecule has 1 aromatic heterocycles. The molecule has 0 aliphatic rings. The second-order valence-electron chi connectivity index (χ2n) is 5.24. The van der Waals surface area contributed by atoms with Crippen molar-refractivity contribution in [2.75, 3.05) is 0 Å². The zero-order valence-corrected chi connectivity index (χ0v) is 13.3. The van der Waals surface area contributed by atoms with Gasteiger partial charge in [0.1, 0.15) is 5.76 Å². The van der Waals surface area contributed by atoms with E-state index >= 15 is 0 Å². The van der Waals surface area contributed by atoms with Gasteiger partial charge in [0.25, 0.3) is 11.8 Å². The molecular weight excluding hydrogens is 316 g/mol. The molecule has 0 atom stereocenters. The molecule has 0 radical (unpaired) electrons. The molecule has 2 aromatic carbocycles. The molecule has 2 N–H and O–H groups in total.